The number of nitro groups is 1. The number of nitrogens with one attached hydrogen (secondary N) is 1. The second kappa shape index (κ2) is 5.47. The van der Waals surface area contributed by atoms with Gasteiger partial charge in [-0.15, -0.1) is 0 Å². The van der Waals surface area contributed by atoms with Crippen LogP contribution in [0.5, 0.6) is 0 Å². The molecule has 1 aromatic rings. The zero-order valence-corrected chi connectivity index (χ0v) is 10.7. The molecule has 8 heteroatoms. The average molecular weight is 276 g/mol. The highest BCUT2D eigenvalue weighted by atomic mass is 16.6. The van der Waals surface area contributed by atoms with Crippen molar-refractivity contribution in [2.45, 2.75) is 12.8 Å². The molecule has 1 aromatic carbocycles. The molecule has 2 rings (SSSR count). The number of carbonyl (C=O) groups excluding carboxylic acids is 2. The van der Waals surface area contributed by atoms with Gasteiger partial charge in [0.15, 0.2) is 0 Å². The van der Waals surface area contributed by atoms with Gasteiger partial charge in [-0.2, -0.15) is 5.10 Å². The summed E-state index contributed by atoms with van der Waals surface area (Å²) in [5.74, 6) is -0.571. The molecule has 0 atom stereocenters. The third-order valence-electron chi connectivity index (χ3n) is 2.90. The maximum Gasteiger partial charge on any atom is 0.274 e. The van der Waals surface area contributed by atoms with E-state index in [-0.39, 0.29) is 36.1 Å². The number of benzene rings is 1. The SMILES string of the molecule is CN(C(=O)C1=NNC(=O)CC1)c1ccc([N+](=O)[O-])cc1. The summed E-state index contributed by atoms with van der Waals surface area (Å²) in [5, 5.41) is 14.3. The molecule has 1 heterocycles. The average Bonchev–Trinajstić information content (AvgIpc) is 2.46. The molecule has 0 saturated carbocycles. The van der Waals surface area contributed by atoms with Gasteiger partial charge in [0.25, 0.3) is 11.6 Å². The molecule has 104 valence electrons. The van der Waals surface area contributed by atoms with Crippen molar-refractivity contribution < 1.29 is 14.5 Å². The fourth-order valence-electron chi connectivity index (χ4n) is 1.74. The molecule has 0 bridgehead atoms. The molecule has 20 heavy (non-hydrogen) atoms. The summed E-state index contributed by atoms with van der Waals surface area (Å²) < 4.78 is 0. The Hall–Kier alpha value is -2.77. The minimum atomic E-state index is -0.508. The van der Waals surface area contributed by atoms with Gasteiger partial charge in [-0.1, -0.05) is 0 Å². The fraction of sp³-hybridized carbons (Fsp3) is 0.250. The van der Waals surface area contributed by atoms with E-state index in [1.807, 2.05) is 0 Å². The fourth-order valence-corrected chi connectivity index (χ4v) is 1.74. The molecule has 2 amide bonds. The predicted molar refractivity (Wildman–Crippen MR) is 71.3 cm³/mol. The van der Waals surface area contributed by atoms with Crippen LogP contribution in [0.4, 0.5) is 11.4 Å². The number of nitrogens with zero attached hydrogens (tertiary/aromatic N) is 3. The zero-order chi connectivity index (χ0) is 14.7. The molecule has 8 nitrogen and oxygen atoms in total. The second-order valence-electron chi connectivity index (χ2n) is 4.23. The smallest absolute Gasteiger partial charge is 0.274 e. The lowest BCUT2D eigenvalue weighted by atomic mass is 10.1. The van der Waals surface area contributed by atoms with Crippen LogP contribution in [0.1, 0.15) is 12.8 Å². The van der Waals surface area contributed by atoms with Crippen molar-refractivity contribution in [3.05, 3.63) is 34.4 Å². The molecule has 0 aliphatic carbocycles. The number of rotatable bonds is 3. The molecule has 1 aliphatic heterocycles. The maximum absolute atomic E-state index is 12.1. The number of non-ortho nitro benzene ring substituents is 1. The number of hydrogen-bond acceptors (Lipinski definition) is 5. The predicted octanol–water partition coefficient (Wildman–Crippen LogP) is 0.824. The minimum Gasteiger partial charge on any atom is -0.310 e. The molecule has 0 saturated heterocycles. The molecular formula is C12H12N4O4. The number of hydrogen-bond donors (Lipinski definition) is 1. The van der Waals surface area contributed by atoms with Crippen LogP contribution >= 0.6 is 0 Å². The minimum absolute atomic E-state index is 0.0446. The molecule has 0 aromatic heterocycles. The van der Waals surface area contributed by atoms with Gasteiger partial charge in [0.2, 0.25) is 5.91 Å². The van der Waals surface area contributed by atoms with E-state index in [4.69, 9.17) is 0 Å². The van der Waals surface area contributed by atoms with Gasteiger partial charge in [-0.05, 0) is 12.1 Å². The van der Waals surface area contributed by atoms with Crippen molar-refractivity contribution in [1.82, 2.24) is 5.43 Å². The summed E-state index contributed by atoms with van der Waals surface area (Å²) in [6.45, 7) is 0. The lowest BCUT2D eigenvalue weighted by molar-refractivity contribution is -0.384. The lowest BCUT2D eigenvalue weighted by Gasteiger charge is -2.19. The van der Waals surface area contributed by atoms with E-state index in [0.717, 1.165) is 0 Å². The number of amides is 2. The highest BCUT2D eigenvalue weighted by Gasteiger charge is 2.22. The van der Waals surface area contributed by atoms with Gasteiger partial charge >= 0.3 is 0 Å². The first-order chi connectivity index (χ1) is 9.49. The van der Waals surface area contributed by atoms with Crippen molar-refractivity contribution in [1.29, 1.82) is 0 Å². The Balaban J connectivity index is 2.14. The largest absolute Gasteiger partial charge is 0.310 e. The highest BCUT2D eigenvalue weighted by Crippen LogP contribution is 2.19. The molecule has 0 radical (unpaired) electrons. The van der Waals surface area contributed by atoms with Crippen LogP contribution in [0.2, 0.25) is 0 Å². The number of hydrazone groups is 1. The van der Waals surface area contributed by atoms with E-state index in [9.17, 15) is 19.7 Å². The Labute approximate surface area is 114 Å². The summed E-state index contributed by atoms with van der Waals surface area (Å²) >= 11 is 0. The summed E-state index contributed by atoms with van der Waals surface area (Å²) in [6, 6.07) is 5.61. The summed E-state index contributed by atoms with van der Waals surface area (Å²) in [6.07, 6.45) is 0.501. The van der Waals surface area contributed by atoms with Gasteiger partial charge in [0, 0.05) is 37.7 Å². The molecular weight excluding hydrogens is 264 g/mol. The van der Waals surface area contributed by atoms with Crippen LogP contribution in [0, 0.1) is 10.1 Å². The quantitative estimate of drug-likeness (QED) is 0.651. The Kier molecular flexibility index (Phi) is 3.74. The van der Waals surface area contributed by atoms with E-state index in [0.29, 0.717) is 5.69 Å². The monoisotopic (exact) mass is 276 g/mol. The third kappa shape index (κ3) is 2.79. The van der Waals surface area contributed by atoms with Gasteiger partial charge in [0.1, 0.15) is 5.71 Å². The Morgan fingerprint density at radius 1 is 1.35 bits per heavy atom. The van der Waals surface area contributed by atoms with E-state index >= 15 is 0 Å². The third-order valence-corrected chi connectivity index (χ3v) is 2.90. The number of anilines is 1. The van der Waals surface area contributed by atoms with Crippen molar-refractivity contribution >= 4 is 28.9 Å². The Morgan fingerprint density at radius 2 is 2.00 bits per heavy atom. The first kappa shape index (κ1) is 13.7. The maximum atomic E-state index is 12.1. The topological polar surface area (TPSA) is 105 Å². The number of carbonyl (C=O) groups is 2. The van der Waals surface area contributed by atoms with Crippen molar-refractivity contribution in [2.75, 3.05) is 11.9 Å². The molecule has 0 spiro atoms. The van der Waals surface area contributed by atoms with Gasteiger partial charge in [-0.3, -0.25) is 19.7 Å². The van der Waals surface area contributed by atoms with Crippen LogP contribution in [-0.2, 0) is 9.59 Å². The normalized spacial score (nSPS) is 14.2. The van der Waals surface area contributed by atoms with E-state index < -0.39 is 4.92 Å². The highest BCUT2D eigenvalue weighted by molar-refractivity contribution is 6.44. The van der Waals surface area contributed by atoms with Crippen LogP contribution in [0.3, 0.4) is 0 Å². The van der Waals surface area contributed by atoms with E-state index in [1.54, 1.807) is 7.05 Å². The van der Waals surface area contributed by atoms with E-state index in [1.165, 1.54) is 29.2 Å². The molecule has 1 N–H and O–H groups in total. The molecule has 0 fully saturated rings. The van der Waals surface area contributed by atoms with Crippen molar-refractivity contribution in [2.24, 2.45) is 5.10 Å². The number of nitro benzene ring substituents is 1. The Morgan fingerprint density at radius 3 is 2.50 bits per heavy atom. The van der Waals surface area contributed by atoms with Crippen LogP contribution in [-0.4, -0.2) is 29.5 Å². The van der Waals surface area contributed by atoms with Crippen molar-refractivity contribution in [3.8, 4) is 0 Å². The summed E-state index contributed by atoms with van der Waals surface area (Å²) in [7, 11) is 1.54. The van der Waals surface area contributed by atoms with Gasteiger partial charge in [0.05, 0.1) is 4.92 Å². The Bertz CT molecular complexity index is 594. The summed E-state index contributed by atoms with van der Waals surface area (Å²) in [5.41, 5.74) is 2.98. The van der Waals surface area contributed by atoms with E-state index in [2.05, 4.69) is 10.5 Å². The van der Waals surface area contributed by atoms with Gasteiger partial charge < -0.3 is 4.90 Å². The van der Waals surface area contributed by atoms with Crippen molar-refractivity contribution in [3.63, 3.8) is 0 Å². The molecule has 1 aliphatic rings. The first-order valence-corrected chi connectivity index (χ1v) is 5.87. The first-order valence-electron chi connectivity index (χ1n) is 5.87. The standard InChI is InChI=1S/C12H12N4O4/c1-15(8-2-4-9(5-3-8)16(19)20)12(18)10-6-7-11(17)14-13-10/h2-5H,6-7H2,1H3,(H,14,17). The lowest BCUT2D eigenvalue weighted by Crippen LogP contribution is -2.38. The zero-order valence-electron chi connectivity index (χ0n) is 10.7. The van der Waals surface area contributed by atoms with Crippen LogP contribution in [0.25, 0.3) is 0 Å². The second-order valence-corrected chi connectivity index (χ2v) is 4.23. The van der Waals surface area contributed by atoms with Gasteiger partial charge in [-0.25, -0.2) is 5.43 Å². The summed E-state index contributed by atoms with van der Waals surface area (Å²) in [4.78, 5) is 34.5. The van der Waals surface area contributed by atoms with Crippen LogP contribution in [0.15, 0.2) is 29.4 Å². The molecule has 0 unspecified atom stereocenters. The van der Waals surface area contributed by atoms with Crippen LogP contribution < -0.4 is 10.3 Å².